The minimum Gasteiger partial charge on any atom is -0.497 e. The molecule has 0 saturated carbocycles. The number of benzene rings is 1. The number of carbonyl (C=O) groups is 1. The number of nitrogens with one attached hydrogen (secondary N) is 1. The molecular weight excluding hydrogens is 607 g/mol. The van der Waals surface area contributed by atoms with Crippen LogP contribution in [0.2, 0.25) is 0 Å². The smallest absolute Gasteiger partial charge is 0.419 e. The molecule has 3 aromatic rings. The third-order valence-electron chi connectivity index (χ3n) is 8.35. The van der Waals surface area contributed by atoms with E-state index in [1.165, 1.54) is 4.68 Å². The van der Waals surface area contributed by atoms with Gasteiger partial charge in [-0.3, -0.25) is 9.59 Å². The minimum atomic E-state index is -4.49. The molecule has 0 bridgehead atoms. The number of likely N-dealkylation sites (tertiary alicyclic amines) is 1. The molecule has 2 saturated heterocycles. The first-order valence-electron chi connectivity index (χ1n) is 15.1. The van der Waals surface area contributed by atoms with Crippen molar-refractivity contribution in [2.75, 3.05) is 57.3 Å². The third kappa shape index (κ3) is 7.76. The van der Waals surface area contributed by atoms with Crippen molar-refractivity contribution in [3.63, 3.8) is 0 Å². The monoisotopic (exact) mass is 645 g/mol. The van der Waals surface area contributed by atoms with Crippen molar-refractivity contribution in [1.82, 2.24) is 24.6 Å². The quantitative estimate of drug-likeness (QED) is 0.314. The second-order valence-corrected chi connectivity index (χ2v) is 11.4. The maximum absolute atomic E-state index is 13.3. The molecule has 2 aliphatic rings. The van der Waals surface area contributed by atoms with E-state index in [2.05, 4.69) is 20.4 Å². The fourth-order valence-corrected chi connectivity index (χ4v) is 5.73. The molecule has 2 aromatic heterocycles. The van der Waals surface area contributed by atoms with E-state index in [4.69, 9.17) is 14.2 Å². The zero-order valence-electron chi connectivity index (χ0n) is 26.0. The first-order valence-corrected chi connectivity index (χ1v) is 15.1. The molecule has 46 heavy (non-hydrogen) atoms. The Morgan fingerprint density at radius 1 is 0.978 bits per heavy atom. The maximum Gasteiger partial charge on any atom is 0.419 e. The Bertz CT molecular complexity index is 1530. The van der Waals surface area contributed by atoms with Gasteiger partial charge in [0, 0.05) is 57.2 Å². The number of methoxy groups -OCH3 is 2. The summed E-state index contributed by atoms with van der Waals surface area (Å²) in [5, 5.41) is 7.64. The van der Waals surface area contributed by atoms with Gasteiger partial charge in [-0.1, -0.05) is 12.1 Å². The van der Waals surface area contributed by atoms with Gasteiger partial charge >= 0.3 is 6.18 Å². The van der Waals surface area contributed by atoms with E-state index in [1.807, 2.05) is 34.1 Å². The summed E-state index contributed by atoms with van der Waals surface area (Å²) in [5.41, 5.74) is 0.860. The van der Waals surface area contributed by atoms with Crippen molar-refractivity contribution >= 4 is 17.5 Å². The molecule has 1 unspecified atom stereocenters. The van der Waals surface area contributed by atoms with Gasteiger partial charge in [0.05, 0.1) is 50.4 Å². The number of amides is 1. The van der Waals surface area contributed by atoms with E-state index >= 15 is 0 Å². The molecule has 2 atom stereocenters. The van der Waals surface area contributed by atoms with Crippen LogP contribution in [0.15, 0.2) is 47.7 Å². The van der Waals surface area contributed by atoms with Crippen LogP contribution in [0.1, 0.15) is 36.0 Å². The summed E-state index contributed by atoms with van der Waals surface area (Å²) < 4.78 is 56.6. The molecule has 1 aromatic carbocycles. The molecule has 2 aliphatic heterocycles. The van der Waals surface area contributed by atoms with Crippen molar-refractivity contribution in [2.45, 2.75) is 57.1 Å². The molecule has 15 heteroatoms. The molecule has 0 aliphatic carbocycles. The lowest BCUT2D eigenvalue weighted by Crippen LogP contribution is -2.47. The number of hydrogen-bond acceptors (Lipinski definition) is 10. The summed E-state index contributed by atoms with van der Waals surface area (Å²) in [7, 11) is 3.16. The topological polar surface area (TPSA) is 124 Å². The fourth-order valence-electron chi connectivity index (χ4n) is 5.73. The molecule has 5 rings (SSSR count). The van der Waals surface area contributed by atoms with Gasteiger partial charge in [-0.2, -0.15) is 18.3 Å². The first kappa shape index (κ1) is 33.1. The summed E-state index contributed by atoms with van der Waals surface area (Å²) in [6.07, 6.45) is -0.0617. The van der Waals surface area contributed by atoms with Gasteiger partial charge in [-0.15, -0.1) is 0 Å². The SMILES string of the molecule is COC[C@@H](COC1CCN(C2CCN(c3ncc(C(F)(F)F)cn3)CC2)C1=O)Nc1cnn(Cc2ccc(OC)cc2)c(=O)c1C. The number of anilines is 2. The second kappa shape index (κ2) is 14.5. The molecule has 12 nitrogen and oxygen atoms in total. The lowest BCUT2D eigenvalue weighted by molar-refractivity contribution is -0.140. The number of ether oxygens (including phenoxy) is 3. The normalized spacial score (nSPS) is 18.2. The lowest BCUT2D eigenvalue weighted by atomic mass is 10.0. The largest absolute Gasteiger partial charge is 0.497 e. The predicted molar refractivity (Wildman–Crippen MR) is 163 cm³/mol. The van der Waals surface area contributed by atoms with Crippen LogP contribution in [0, 0.1) is 6.92 Å². The van der Waals surface area contributed by atoms with Crippen LogP contribution in [-0.2, 0) is 27.0 Å². The number of alkyl halides is 3. The van der Waals surface area contributed by atoms with Crippen LogP contribution in [0.5, 0.6) is 5.75 Å². The van der Waals surface area contributed by atoms with Gasteiger partial charge in [0.25, 0.3) is 11.5 Å². The Balaban J connectivity index is 1.12. The highest BCUT2D eigenvalue weighted by Crippen LogP contribution is 2.30. The predicted octanol–water partition coefficient (Wildman–Crippen LogP) is 3.13. The Hall–Kier alpha value is -4.24. The molecular formula is C31H38F3N7O5. The molecule has 1 N–H and O–H groups in total. The number of hydrogen-bond donors (Lipinski definition) is 1. The van der Waals surface area contributed by atoms with E-state index in [-0.39, 0.29) is 42.7 Å². The summed E-state index contributed by atoms with van der Waals surface area (Å²) in [5.74, 6) is 0.894. The zero-order valence-corrected chi connectivity index (χ0v) is 26.0. The Morgan fingerprint density at radius 2 is 1.67 bits per heavy atom. The van der Waals surface area contributed by atoms with Crippen LogP contribution >= 0.6 is 0 Å². The molecule has 0 radical (unpaired) electrons. The molecule has 0 spiro atoms. The molecule has 4 heterocycles. The standard InChI is InChI=1S/C31H38F3N7O5/c1-20-26(16-37-41(28(20)42)17-21-4-6-25(45-3)7-5-21)38-23(18-44-2)19-46-27-10-13-40(29(27)43)24-8-11-39(12-9-24)30-35-14-22(15-36-30)31(32,33)34/h4-7,14-16,23-24,27,38H,8-13,17-19H2,1-3H3/t23-,27?/m0/s1. The summed E-state index contributed by atoms with van der Waals surface area (Å²) >= 11 is 0. The number of aromatic nitrogens is 4. The average molecular weight is 646 g/mol. The van der Waals surface area contributed by atoms with Crippen molar-refractivity contribution in [3.8, 4) is 5.75 Å². The number of piperidine rings is 1. The van der Waals surface area contributed by atoms with Crippen LogP contribution < -0.4 is 20.5 Å². The number of halogens is 3. The van der Waals surface area contributed by atoms with Gasteiger partial charge in [0.2, 0.25) is 5.95 Å². The van der Waals surface area contributed by atoms with E-state index in [0.717, 1.165) is 23.7 Å². The van der Waals surface area contributed by atoms with Crippen LogP contribution in [0.3, 0.4) is 0 Å². The Labute approximate surface area is 264 Å². The maximum atomic E-state index is 13.3. The highest BCUT2D eigenvalue weighted by molar-refractivity contribution is 5.83. The van der Waals surface area contributed by atoms with Crippen LogP contribution in [0.4, 0.5) is 24.8 Å². The Morgan fingerprint density at radius 3 is 2.30 bits per heavy atom. The number of rotatable bonds is 12. The number of nitrogens with zero attached hydrogens (tertiary/aromatic N) is 6. The molecule has 248 valence electrons. The highest BCUT2D eigenvalue weighted by Gasteiger charge is 2.38. The van der Waals surface area contributed by atoms with E-state index in [0.29, 0.717) is 56.7 Å². The van der Waals surface area contributed by atoms with Crippen molar-refractivity contribution in [3.05, 3.63) is 69.9 Å². The Kier molecular flexibility index (Phi) is 10.4. The molecule has 2 fully saturated rings. The number of carbonyl (C=O) groups excluding carboxylic acids is 1. The average Bonchev–Trinajstić information content (AvgIpc) is 3.43. The van der Waals surface area contributed by atoms with Gasteiger partial charge in [-0.05, 0) is 37.5 Å². The van der Waals surface area contributed by atoms with E-state index in [1.54, 1.807) is 27.3 Å². The van der Waals surface area contributed by atoms with Crippen molar-refractivity contribution in [1.29, 1.82) is 0 Å². The summed E-state index contributed by atoms with van der Waals surface area (Å²) in [6, 6.07) is 7.09. The summed E-state index contributed by atoms with van der Waals surface area (Å²) in [6.45, 7) is 4.11. The fraction of sp³-hybridized carbons (Fsp3) is 0.516. The van der Waals surface area contributed by atoms with Gasteiger partial charge in [0.1, 0.15) is 11.9 Å². The van der Waals surface area contributed by atoms with Gasteiger partial charge < -0.3 is 29.3 Å². The lowest BCUT2D eigenvalue weighted by Gasteiger charge is -2.36. The molecule has 1 amide bonds. The van der Waals surface area contributed by atoms with E-state index in [9.17, 15) is 22.8 Å². The van der Waals surface area contributed by atoms with Crippen molar-refractivity contribution < 1.29 is 32.2 Å². The van der Waals surface area contributed by atoms with Crippen LogP contribution in [-0.4, -0.2) is 95.8 Å². The van der Waals surface area contributed by atoms with Gasteiger partial charge in [0.15, 0.2) is 0 Å². The first-order chi connectivity index (χ1) is 22.1. The zero-order chi connectivity index (χ0) is 32.8. The highest BCUT2D eigenvalue weighted by atomic mass is 19.4. The van der Waals surface area contributed by atoms with Crippen LogP contribution in [0.25, 0.3) is 0 Å². The van der Waals surface area contributed by atoms with E-state index < -0.39 is 17.8 Å². The second-order valence-electron chi connectivity index (χ2n) is 11.4. The summed E-state index contributed by atoms with van der Waals surface area (Å²) in [4.78, 5) is 37.8. The van der Waals surface area contributed by atoms with Crippen molar-refractivity contribution in [2.24, 2.45) is 0 Å². The minimum absolute atomic E-state index is 0.00201. The van der Waals surface area contributed by atoms with Gasteiger partial charge in [-0.25, -0.2) is 14.6 Å². The third-order valence-corrected chi connectivity index (χ3v) is 8.35.